The largest absolute Gasteiger partial charge is 0.367 e. The molecule has 0 unspecified atom stereocenters. The SMILES string of the molecule is CN(C)CCNc1nn(-c2ccccc2)c2ccccc12. The molecule has 3 aromatic rings. The van der Waals surface area contributed by atoms with E-state index in [1.54, 1.807) is 0 Å². The highest BCUT2D eigenvalue weighted by Gasteiger charge is 2.10. The molecule has 2 aromatic carbocycles. The molecule has 1 heterocycles. The Morgan fingerprint density at radius 2 is 1.71 bits per heavy atom. The summed E-state index contributed by atoms with van der Waals surface area (Å²) >= 11 is 0. The van der Waals surface area contributed by atoms with Crippen LogP contribution in [0.4, 0.5) is 5.82 Å². The third-order valence-electron chi connectivity index (χ3n) is 3.44. The van der Waals surface area contributed by atoms with Crippen LogP contribution >= 0.6 is 0 Å². The van der Waals surface area contributed by atoms with Crippen molar-refractivity contribution < 1.29 is 0 Å². The van der Waals surface area contributed by atoms with Gasteiger partial charge in [0.2, 0.25) is 0 Å². The average molecular weight is 280 g/mol. The fourth-order valence-corrected chi connectivity index (χ4v) is 2.36. The van der Waals surface area contributed by atoms with Gasteiger partial charge in [-0.3, -0.25) is 0 Å². The van der Waals surface area contributed by atoms with Gasteiger partial charge in [0.1, 0.15) is 0 Å². The number of para-hydroxylation sites is 2. The van der Waals surface area contributed by atoms with Crippen LogP contribution in [-0.2, 0) is 0 Å². The summed E-state index contributed by atoms with van der Waals surface area (Å²) in [5, 5.41) is 9.33. The normalized spacial score (nSPS) is 11.2. The van der Waals surface area contributed by atoms with Gasteiger partial charge in [-0.25, -0.2) is 4.68 Å². The maximum atomic E-state index is 4.74. The summed E-state index contributed by atoms with van der Waals surface area (Å²) in [4.78, 5) is 2.16. The summed E-state index contributed by atoms with van der Waals surface area (Å²) in [5.74, 6) is 0.941. The molecular weight excluding hydrogens is 260 g/mol. The van der Waals surface area contributed by atoms with Crippen LogP contribution in [0.25, 0.3) is 16.6 Å². The van der Waals surface area contributed by atoms with E-state index in [1.807, 2.05) is 28.9 Å². The van der Waals surface area contributed by atoms with E-state index in [2.05, 4.69) is 54.6 Å². The summed E-state index contributed by atoms with van der Waals surface area (Å²) in [6, 6.07) is 18.5. The third kappa shape index (κ3) is 2.90. The summed E-state index contributed by atoms with van der Waals surface area (Å²) in [5.41, 5.74) is 2.20. The summed E-state index contributed by atoms with van der Waals surface area (Å²) in [6.07, 6.45) is 0. The van der Waals surface area contributed by atoms with Crippen molar-refractivity contribution in [3.63, 3.8) is 0 Å². The molecule has 0 saturated carbocycles. The van der Waals surface area contributed by atoms with Gasteiger partial charge in [0.15, 0.2) is 5.82 Å². The van der Waals surface area contributed by atoms with Gasteiger partial charge in [0, 0.05) is 18.5 Å². The highest BCUT2D eigenvalue weighted by Crippen LogP contribution is 2.25. The van der Waals surface area contributed by atoms with Crippen LogP contribution in [-0.4, -0.2) is 41.9 Å². The number of rotatable bonds is 5. The van der Waals surface area contributed by atoms with E-state index in [1.165, 1.54) is 0 Å². The van der Waals surface area contributed by atoms with E-state index in [0.29, 0.717) is 0 Å². The lowest BCUT2D eigenvalue weighted by atomic mass is 10.2. The van der Waals surface area contributed by atoms with Gasteiger partial charge < -0.3 is 10.2 Å². The number of hydrogen-bond acceptors (Lipinski definition) is 3. The van der Waals surface area contributed by atoms with E-state index in [9.17, 15) is 0 Å². The Labute approximate surface area is 125 Å². The summed E-state index contributed by atoms with van der Waals surface area (Å²) < 4.78 is 1.99. The highest BCUT2D eigenvalue weighted by atomic mass is 15.3. The van der Waals surface area contributed by atoms with Crippen LogP contribution in [0.15, 0.2) is 54.6 Å². The summed E-state index contributed by atoms with van der Waals surface area (Å²) in [7, 11) is 4.14. The van der Waals surface area contributed by atoms with E-state index in [0.717, 1.165) is 35.5 Å². The molecule has 0 radical (unpaired) electrons. The molecule has 0 atom stereocenters. The zero-order valence-corrected chi connectivity index (χ0v) is 12.5. The number of hydrogen-bond donors (Lipinski definition) is 1. The van der Waals surface area contributed by atoms with Crippen LogP contribution in [0.3, 0.4) is 0 Å². The molecular formula is C17H20N4. The number of fused-ring (bicyclic) bond motifs is 1. The molecule has 3 rings (SSSR count). The number of benzene rings is 2. The fraction of sp³-hybridized carbons (Fsp3) is 0.235. The molecule has 1 aromatic heterocycles. The minimum atomic E-state index is 0.878. The smallest absolute Gasteiger partial charge is 0.156 e. The van der Waals surface area contributed by atoms with Crippen LogP contribution < -0.4 is 5.32 Å². The molecule has 1 N–H and O–H groups in total. The lowest BCUT2D eigenvalue weighted by Crippen LogP contribution is -2.21. The molecule has 21 heavy (non-hydrogen) atoms. The van der Waals surface area contributed by atoms with E-state index < -0.39 is 0 Å². The number of nitrogens with one attached hydrogen (secondary N) is 1. The first-order chi connectivity index (χ1) is 10.3. The third-order valence-corrected chi connectivity index (χ3v) is 3.44. The van der Waals surface area contributed by atoms with Crippen LogP contribution in [0, 0.1) is 0 Å². The monoisotopic (exact) mass is 280 g/mol. The van der Waals surface area contributed by atoms with Crippen molar-refractivity contribution >= 4 is 16.7 Å². The predicted molar refractivity (Wildman–Crippen MR) is 88.1 cm³/mol. The first-order valence-electron chi connectivity index (χ1n) is 7.17. The predicted octanol–water partition coefficient (Wildman–Crippen LogP) is 3.00. The Morgan fingerprint density at radius 3 is 2.48 bits per heavy atom. The number of likely N-dealkylation sites (N-methyl/N-ethyl adjacent to an activating group) is 1. The molecule has 0 spiro atoms. The van der Waals surface area contributed by atoms with E-state index >= 15 is 0 Å². The lowest BCUT2D eigenvalue weighted by Gasteiger charge is -2.09. The van der Waals surface area contributed by atoms with Crippen molar-refractivity contribution in [3.05, 3.63) is 54.6 Å². The topological polar surface area (TPSA) is 33.1 Å². The van der Waals surface area contributed by atoms with Gasteiger partial charge in [0.05, 0.1) is 11.2 Å². The first kappa shape index (κ1) is 13.6. The molecule has 108 valence electrons. The van der Waals surface area contributed by atoms with Crippen molar-refractivity contribution in [3.8, 4) is 5.69 Å². The molecule has 4 nitrogen and oxygen atoms in total. The van der Waals surface area contributed by atoms with Gasteiger partial charge in [-0.05, 0) is 38.4 Å². The van der Waals surface area contributed by atoms with Gasteiger partial charge in [-0.15, -0.1) is 5.10 Å². The van der Waals surface area contributed by atoms with Gasteiger partial charge >= 0.3 is 0 Å². The zero-order chi connectivity index (χ0) is 14.7. The molecule has 0 fully saturated rings. The van der Waals surface area contributed by atoms with Crippen LogP contribution in [0.5, 0.6) is 0 Å². The molecule has 0 bridgehead atoms. The van der Waals surface area contributed by atoms with Crippen molar-refractivity contribution in [2.45, 2.75) is 0 Å². The van der Waals surface area contributed by atoms with Gasteiger partial charge in [-0.1, -0.05) is 30.3 Å². The average Bonchev–Trinajstić information content (AvgIpc) is 2.87. The van der Waals surface area contributed by atoms with Crippen molar-refractivity contribution in [1.29, 1.82) is 0 Å². The molecule has 4 heteroatoms. The van der Waals surface area contributed by atoms with Crippen molar-refractivity contribution in [2.24, 2.45) is 0 Å². The second-order valence-corrected chi connectivity index (χ2v) is 5.34. The number of nitrogens with zero attached hydrogens (tertiary/aromatic N) is 3. The quantitative estimate of drug-likeness (QED) is 0.780. The van der Waals surface area contributed by atoms with Crippen molar-refractivity contribution in [1.82, 2.24) is 14.7 Å². The Balaban J connectivity index is 1.98. The highest BCUT2D eigenvalue weighted by molar-refractivity contribution is 5.91. The van der Waals surface area contributed by atoms with Crippen LogP contribution in [0.1, 0.15) is 0 Å². The lowest BCUT2D eigenvalue weighted by molar-refractivity contribution is 0.425. The van der Waals surface area contributed by atoms with Crippen molar-refractivity contribution in [2.75, 3.05) is 32.5 Å². The molecule has 0 aliphatic carbocycles. The Bertz CT molecular complexity index is 716. The fourth-order valence-electron chi connectivity index (χ4n) is 2.36. The number of anilines is 1. The van der Waals surface area contributed by atoms with Crippen LogP contribution in [0.2, 0.25) is 0 Å². The first-order valence-corrected chi connectivity index (χ1v) is 7.17. The van der Waals surface area contributed by atoms with E-state index in [-0.39, 0.29) is 0 Å². The second kappa shape index (κ2) is 5.97. The second-order valence-electron chi connectivity index (χ2n) is 5.34. The van der Waals surface area contributed by atoms with Gasteiger partial charge in [-0.2, -0.15) is 0 Å². The molecule has 0 aliphatic heterocycles. The minimum absolute atomic E-state index is 0.878. The molecule has 0 saturated heterocycles. The van der Waals surface area contributed by atoms with E-state index in [4.69, 9.17) is 5.10 Å². The number of aromatic nitrogens is 2. The molecule has 0 aliphatic rings. The Kier molecular flexibility index (Phi) is 3.88. The molecule has 0 amide bonds. The Hall–Kier alpha value is -2.33. The Morgan fingerprint density at radius 1 is 1.00 bits per heavy atom. The van der Waals surface area contributed by atoms with Gasteiger partial charge in [0.25, 0.3) is 0 Å². The minimum Gasteiger partial charge on any atom is -0.367 e. The maximum Gasteiger partial charge on any atom is 0.156 e. The summed E-state index contributed by atoms with van der Waals surface area (Å²) in [6.45, 7) is 1.86. The maximum absolute atomic E-state index is 4.74. The zero-order valence-electron chi connectivity index (χ0n) is 12.5. The standard InChI is InChI=1S/C17H20N4/c1-20(2)13-12-18-17-15-10-6-7-11-16(15)21(19-17)14-8-4-3-5-9-14/h3-11H,12-13H2,1-2H3,(H,18,19).